The van der Waals surface area contributed by atoms with Gasteiger partial charge in [0.05, 0.1) is 17.6 Å². The van der Waals surface area contributed by atoms with Crippen molar-refractivity contribution in [1.82, 2.24) is 0 Å². The van der Waals surface area contributed by atoms with Gasteiger partial charge in [0.25, 0.3) is 0 Å². The normalized spacial score (nSPS) is 13.7. The fourth-order valence-corrected chi connectivity index (χ4v) is 3.13. The summed E-state index contributed by atoms with van der Waals surface area (Å²) < 4.78 is 38.5. The van der Waals surface area contributed by atoms with Crippen LogP contribution in [0.2, 0.25) is 0 Å². The van der Waals surface area contributed by atoms with Crippen molar-refractivity contribution in [2.24, 2.45) is 0 Å². The minimum absolute atomic E-state index is 0.0711. The third-order valence-corrected chi connectivity index (χ3v) is 4.82. The molecule has 0 amide bonds. The summed E-state index contributed by atoms with van der Waals surface area (Å²) in [5.74, 6) is -1.52. The Bertz CT molecular complexity index is 797. The number of thioether (sulfide) groups is 1. The average molecular weight is 365 g/mol. The number of nitriles is 1. The Morgan fingerprint density at radius 2 is 1.80 bits per heavy atom. The van der Waals surface area contributed by atoms with E-state index in [0.717, 1.165) is 29.5 Å². The molecule has 0 aliphatic rings. The molecule has 0 heterocycles. The molecule has 0 aliphatic heterocycles. The molecule has 0 saturated heterocycles. The molecule has 7 heteroatoms. The standard InChI is InChI=1S/C18H14F3NO2S/c1-11(10-22)12-5-7-15(8-6-12)25-16(17(23)24)13-3-2-4-14(9-13)18(19,20)21/h2-9,11,16H,1H3,(H,23,24). The Kier molecular flexibility index (Phi) is 5.75. The highest BCUT2D eigenvalue weighted by Gasteiger charge is 2.32. The Hall–Kier alpha value is -2.46. The molecule has 25 heavy (non-hydrogen) atoms. The van der Waals surface area contributed by atoms with Gasteiger partial charge in [-0.15, -0.1) is 11.8 Å². The number of aliphatic carboxylic acids is 1. The van der Waals surface area contributed by atoms with Gasteiger partial charge in [-0.05, 0) is 36.2 Å². The van der Waals surface area contributed by atoms with Gasteiger partial charge < -0.3 is 5.11 Å². The van der Waals surface area contributed by atoms with Crippen molar-refractivity contribution in [2.75, 3.05) is 0 Å². The largest absolute Gasteiger partial charge is 0.480 e. The van der Waals surface area contributed by atoms with Crippen molar-refractivity contribution >= 4 is 17.7 Å². The van der Waals surface area contributed by atoms with Crippen molar-refractivity contribution < 1.29 is 23.1 Å². The minimum atomic E-state index is -4.53. The molecule has 2 atom stereocenters. The van der Waals surface area contributed by atoms with Gasteiger partial charge in [-0.3, -0.25) is 4.79 Å². The van der Waals surface area contributed by atoms with E-state index in [4.69, 9.17) is 5.26 Å². The summed E-state index contributed by atoms with van der Waals surface area (Å²) in [7, 11) is 0. The summed E-state index contributed by atoms with van der Waals surface area (Å²) in [6, 6.07) is 13.2. The fourth-order valence-electron chi connectivity index (χ4n) is 2.18. The second-order valence-electron chi connectivity index (χ2n) is 5.38. The van der Waals surface area contributed by atoms with Crippen LogP contribution in [0.4, 0.5) is 13.2 Å². The smallest absolute Gasteiger partial charge is 0.416 e. The second-order valence-corrected chi connectivity index (χ2v) is 6.56. The van der Waals surface area contributed by atoms with Crippen LogP contribution >= 0.6 is 11.8 Å². The molecule has 0 bridgehead atoms. The molecular formula is C18H14F3NO2S. The lowest BCUT2D eigenvalue weighted by Gasteiger charge is -2.15. The first-order chi connectivity index (χ1) is 11.7. The molecule has 130 valence electrons. The van der Waals surface area contributed by atoms with Crippen LogP contribution in [0.25, 0.3) is 0 Å². The molecule has 1 N–H and O–H groups in total. The molecule has 0 spiro atoms. The number of halogens is 3. The number of alkyl halides is 3. The number of nitrogens with zero attached hydrogens (tertiary/aromatic N) is 1. The first kappa shape index (κ1) is 18.9. The number of carbonyl (C=O) groups is 1. The Balaban J connectivity index is 2.28. The molecule has 2 aromatic rings. The lowest BCUT2D eigenvalue weighted by atomic mass is 10.0. The minimum Gasteiger partial charge on any atom is -0.480 e. The van der Waals surface area contributed by atoms with Crippen molar-refractivity contribution in [3.05, 3.63) is 65.2 Å². The van der Waals surface area contributed by atoms with Gasteiger partial charge in [-0.2, -0.15) is 18.4 Å². The van der Waals surface area contributed by atoms with Gasteiger partial charge in [-0.1, -0.05) is 30.3 Å². The zero-order chi connectivity index (χ0) is 18.6. The van der Waals surface area contributed by atoms with Crippen molar-refractivity contribution in [3.8, 4) is 6.07 Å². The van der Waals surface area contributed by atoms with Crippen molar-refractivity contribution in [2.45, 2.75) is 29.2 Å². The van der Waals surface area contributed by atoms with E-state index in [9.17, 15) is 23.1 Å². The van der Waals surface area contributed by atoms with E-state index in [0.29, 0.717) is 4.90 Å². The third-order valence-electron chi connectivity index (χ3n) is 3.57. The van der Waals surface area contributed by atoms with Crippen molar-refractivity contribution in [3.63, 3.8) is 0 Å². The van der Waals surface area contributed by atoms with Crippen LogP contribution in [0.1, 0.15) is 34.8 Å². The maximum Gasteiger partial charge on any atom is 0.416 e. The van der Waals surface area contributed by atoms with Crippen LogP contribution in [0.5, 0.6) is 0 Å². The predicted molar refractivity (Wildman–Crippen MR) is 88.1 cm³/mol. The van der Waals surface area contributed by atoms with E-state index < -0.39 is 23.0 Å². The number of hydrogen-bond donors (Lipinski definition) is 1. The highest BCUT2D eigenvalue weighted by Crippen LogP contribution is 2.38. The van der Waals surface area contributed by atoms with E-state index in [2.05, 4.69) is 6.07 Å². The van der Waals surface area contributed by atoms with E-state index in [-0.39, 0.29) is 11.5 Å². The Morgan fingerprint density at radius 1 is 1.16 bits per heavy atom. The van der Waals surface area contributed by atoms with Gasteiger partial charge in [-0.25, -0.2) is 0 Å². The monoisotopic (exact) mass is 365 g/mol. The Labute approximate surface area is 147 Å². The SMILES string of the molecule is CC(C#N)c1ccc(SC(C(=O)O)c2cccc(C(F)(F)F)c2)cc1. The summed E-state index contributed by atoms with van der Waals surface area (Å²) >= 11 is 0.947. The maximum absolute atomic E-state index is 12.8. The van der Waals surface area contributed by atoms with E-state index >= 15 is 0 Å². The highest BCUT2D eigenvalue weighted by molar-refractivity contribution is 8.00. The fraction of sp³-hybridized carbons (Fsp3) is 0.222. The van der Waals surface area contributed by atoms with Crippen LogP contribution in [0.3, 0.4) is 0 Å². The molecule has 2 unspecified atom stereocenters. The quantitative estimate of drug-likeness (QED) is 0.735. The van der Waals surface area contributed by atoms with Crippen LogP contribution in [-0.4, -0.2) is 11.1 Å². The number of carboxylic acid groups (broad SMARTS) is 1. The van der Waals surface area contributed by atoms with Gasteiger partial charge >= 0.3 is 12.1 Å². The summed E-state index contributed by atoms with van der Waals surface area (Å²) in [6.07, 6.45) is -4.53. The summed E-state index contributed by atoms with van der Waals surface area (Å²) in [4.78, 5) is 12.1. The molecule has 3 nitrogen and oxygen atoms in total. The topological polar surface area (TPSA) is 61.1 Å². The second kappa shape index (κ2) is 7.62. The number of rotatable bonds is 5. The zero-order valence-corrected chi connectivity index (χ0v) is 13.9. The molecule has 0 aromatic heterocycles. The van der Waals surface area contributed by atoms with Crippen LogP contribution < -0.4 is 0 Å². The maximum atomic E-state index is 12.8. The molecule has 0 aliphatic carbocycles. The highest BCUT2D eigenvalue weighted by atomic mass is 32.2. The molecule has 0 radical (unpaired) electrons. The van der Waals surface area contributed by atoms with Gasteiger partial charge in [0.15, 0.2) is 0 Å². The van der Waals surface area contributed by atoms with Gasteiger partial charge in [0.1, 0.15) is 5.25 Å². The lowest BCUT2D eigenvalue weighted by Crippen LogP contribution is -2.11. The van der Waals surface area contributed by atoms with Crippen LogP contribution in [-0.2, 0) is 11.0 Å². The number of benzene rings is 2. The molecule has 2 aromatic carbocycles. The summed E-state index contributed by atoms with van der Waals surface area (Å²) in [5, 5.41) is 17.1. The molecule has 0 fully saturated rings. The molecule has 0 saturated carbocycles. The number of hydrogen-bond acceptors (Lipinski definition) is 3. The first-order valence-electron chi connectivity index (χ1n) is 7.28. The van der Waals surface area contributed by atoms with Gasteiger partial charge in [0.2, 0.25) is 0 Å². The molecule has 2 rings (SSSR count). The van der Waals surface area contributed by atoms with E-state index in [1.165, 1.54) is 12.1 Å². The lowest BCUT2D eigenvalue weighted by molar-refractivity contribution is -0.139. The van der Waals surface area contributed by atoms with E-state index in [1.807, 2.05) is 0 Å². The zero-order valence-electron chi connectivity index (χ0n) is 13.1. The van der Waals surface area contributed by atoms with E-state index in [1.54, 1.807) is 31.2 Å². The summed E-state index contributed by atoms with van der Waals surface area (Å²) in [5.41, 5.74) is -0.0189. The predicted octanol–water partition coefficient (Wildman–Crippen LogP) is 5.25. The summed E-state index contributed by atoms with van der Waals surface area (Å²) in [6.45, 7) is 1.74. The van der Waals surface area contributed by atoms with Gasteiger partial charge in [0, 0.05) is 4.90 Å². The van der Waals surface area contributed by atoms with Crippen molar-refractivity contribution in [1.29, 1.82) is 5.26 Å². The van der Waals surface area contributed by atoms with Crippen LogP contribution in [0.15, 0.2) is 53.4 Å². The number of carboxylic acids is 1. The first-order valence-corrected chi connectivity index (χ1v) is 8.16. The molecular weight excluding hydrogens is 351 g/mol. The average Bonchev–Trinajstić information content (AvgIpc) is 2.58. The van der Waals surface area contributed by atoms with Crippen LogP contribution in [0, 0.1) is 11.3 Å². The Morgan fingerprint density at radius 3 is 2.32 bits per heavy atom. The third kappa shape index (κ3) is 4.77.